The zero-order valence-corrected chi connectivity index (χ0v) is 18.1. The van der Waals surface area contributed by atoms with Gasteiger partial charge in [0.2, 0.25) is 5.91 Å². The van der Waals surface area contributed by atoms with E-state index in [0.29, 0.717) is 11.1 Å². The predicted molar refractivity (Wildman–Crippen MR) is 117 cm³/mol. The Bertz CT molecular complexity index is 1020. The highest BCUT2D eigenvalue weighted by molar-refractivity contribution is 7.91. The molecule has 3 rings (SSSR count). The molecule has 1 heterocycles. The van der Waals surface area contributed by atoms with Crippen LogP contribution in [0.4, 0.5) is 0 Å². The number of aliphatic hydroxyl groups is 1. The number of piperidine rings is 1. The summed E-state index contributed by atoms with van der Waals surface area (Å²) in [6, 6.07) is 16.1. The molecule has 0 spiro atoms. The summed E-state index contributed by atoms with van der Waals surface area (Å²) in [5.74, 6) is -1.36. The van der Waals surface area contributed by atoms with Crippen LogP contribution in [0.2, 0.25) is 0 Å². The maximum atomic E-state index is 12.3. The summed E-state index contributed by atoms with van der Waals surface area (Å²) in [4.78, 5) is 14.4. The molecular formula is C23H27N3O4S. The molecule has 0 bridgehead atoms. The molecule has 0 unspecified atom stereocenters. The number of likely N-dealkylation sites (tertiary alicyclic amines) is 1. The minimum absolute atomic E-state index is 0.185. The molecule has 2 N–H and O–H groups in total. The van der Waals surface area contributed by atoms with Gasteiger partial charge in [0, 0.05) is 26.2 Å². The fourth-order valence-corrected chi connectivity index (χ4v) is 4.83. The normalized spacial score (nSPS) is 15.4. The smallest absolute Gasteiger partial charge is 0.235 e. The summed E-state index contributed by atoms with van der Waals surface area (Å²) in [5.41, 5.74) is 3.07. The van der Waals surface area contributed by atoms with Gasteiger partial charge in [0.1, 0.15) is 5.75 Å². The number of carbonyl (C=O) groups is 1. The van der Waals surface area contributed by atoms with E-state index in [1.54, 1.807) is 24.3 Å². The number of benzene rings is 2. The van der Waals surface area contributed by atoms with Gasteiger partial charge in [0.25, 0.3) is 0 Å². The first-order chi connectivity index (χ1) is 14.8. The lowest BCUT2D eigenvalue weighted by atomic mass is 10.1. The number of hydrogen-bond acceptors (Lipinski definition) is 6. The second-order valence-corrected chi connectivity index (χ2v) is 10.0. The highest BCUT2D eigenvalue weighted by atomic mass is 32.2. The Morgan fingerprint density at radius 1 is 1.03 bits per heavy atom. The van der Waals surface area contributed by atoms with Crippen molar-refractivity contribution in [3.63, 3.8) is 0 Å². The van der Waals surface area contributed by atoms with Crippen molar-refractivity contribution in [3.8, 4) is 6.07 Å². The summed E-state index contributed by atoms with van der Waals surface area (Å²) >= 11 is 0. The standard InChI is InChI=1S/C23H27N3O4S/c24-13-18-1-7-21(8-2-18)16-31(29,30)17-23(28)25-14-19-3-5-20(6-4-19)15-26-11-9-22(27)10-12-26/h1-8,22,27H,9-12,14-17H2,(H,25,28). The minimum atomic E-state index is -3.60. The van der Waals surface area contributed by atoms with E-state index in [4.69, 9.17) is 5.26 Å². The van der Waals surface area contributed by atoms with Crippen LogP contribution in [0.5, 0.6) is 0 Å². The molecule has 164 valence electrons. The van der Waals surface area contributed by atoms with E-state index >= 15 is 0 Å². The molecule has 1 saturated heterocycles. The van der Waals surface area contributed by atoms with Crippen LogP contribution in [0.3, 0.4) is 0 Å². The molecule has 2 aromatic carbocycles. The van der Waals surface area contributed by atoms with Gasteiger partial charge in [-0.15, -0.1) is 0 Å². The fraction of sp³-hybridized carbons (Fsp3) is 0.391. The number of nitrogens with one attached hydrogen (secondary N) is 1. The average molecular weight is 442 g/mol. The largest absolute Gasteiger partial charge is 0.393 e. The maximum Gasteiger partial charge on any atom is 0.235 e. The van der Waals surface area contributed by atoms with Crippen LogP contribution in [-0.2, 0) is 33.5 Å². The second-order valence-electron chi connectivity index (χ2n) is 7.94. The van der Waals surface area contributed by atoms with Crippen molar-refractivity contribution in [1.29, 1.82) is 5.26 Å². The Labute approximate surface area is 183 Å². The number of nitriles is 1. The number of rotatable bonds is 8. The van der Waals surface area contributed by atoms with Crippen LogP contribution >= 0.6 is 0 Å². The lowest BCUT2D eigenvalue weighted by Crippen LogP contribution is -2.35. The lowest BCUT2D eigenvalue weighted by Gasteiger charge is -2.29. The highest BCUT2D eigenvalue weighted by Gasteiger charge is 2.18. The van der Waals surface area contributed by atoms with Crippen molar-refractivity contribution >= 4 is 15.7 Å². The van der Waals surface area contributed by atoms with Gasteiger partial charge in [-0.25, -0.2) is 8.42 Å². The van der Waals surface area contributed by atoms with Crippen LogP contribution < -0.4 is 5.32 Å². The molecule has 0 aliphatic carbocycles. The molecule has 0 radical (unpaired) electrons. The molecule has 0 aromatic heterocycles. The van der Waals surface area contributed by atoms with E-state index in [1.165, 1.54) is 0 Å². The molecule has 2 aromatic rings. The maximum absolute atomic E-state index is 12.3. The predicted octanol–water partition coefficient (Wildman–Crippen LogP) is 1.75. The third-order valence-corrected chi connectivity index (χ3v) is 6.77. The summed E-state index contributed by atoms with van der Waals surface area (Å²) < 4.78 is 24.6. The SMILES string of the molecule is N#Cc1ccc(CS(=O)(=O)CC(=O)NCc2ccc(CN3CCC(O)CC3)cc2)cc1. The number of aliphatic hydroxyl groups excluding tert-OH is 1. The Morgan fingerprint density at radius 2 is 1.61 bits per heavy atom. The van der Waals surface area contributed by atoms with Gasteiger partial charge >= 0.3 is 0 Å². The van der Waals surface area contributed by atoms with Gasteiger partial charge in [-0.1, -0.05) is 36.4 Å². The average Bonchev–Trinajstić information content (AvgIpc) is 2.75. The zero-order valence-electron chi connectivity index (χ0n) is 17.3. The number of sulfone groups is 1. The molecular weight excluding hydrogens is 414 g/mol. The van der Waals surface area contributed by atoms with Gasteiger partial charge in [-0.3, -0.25) is 9.69 Å². The van der Waals surface area contributed by atoms with Crippen molar-refractivity contribution in [1.82, 2.24) is 10.2 Å². The van der Waals surface area contributed by atoms with Crippen molar-refractivity contribution in [3.05, 3.63) is 70.8 Å². The topological polar surface area (TPSA) is 110 Å². The van der Waals surface area contributed by atoms with Crippen molar-refractivity contribution in [2.24, 2.45) is 0 Å². The van der Waals surface area contributed by atoms with E-state index < -0.39 is 21.5 Å². The molecule has 0 atom stereocenters. The molecule has 7 nitrogen and oxygen atoms in total. The number of amides is 1. The van der Waals surface area contributed by atoms with Crippen molar-refractivity contribution in [2.75, 3.05) is 18.8 Å². The molecule has 31 heavy (non-hydrogen) atoms. The summed E-state index contributed by atoms with van der Waals surface area (Å²) in [6.45, 7) is 2.86. The van der Waals surface area contributed by atoms with Crippen molar-refractivity contribution in [2.45, 2.75) is 37.8 Å². The Morgan fingerprint density at radius 3 is 2.23 bits per heavy atom. The number of nitrogens with zero attached hydrogens (tertiary/aromatic N) is 2. The Hall–Kier alpha value is -2.73. The summed E-state index contributed by atoms with van der Waals surface area (Å²) in [6.07, 6.45) is 1.42. The minimum Gasteiger partial charge on any atom is -0.393 e. The van der Waals surface area contributed by atoms with Crippen LogP contribution in [-0.4, -0.2) is 49.3 Å². The quantitative estimate of drug-likeness (QED) is 0.646. The first-order valence-corrected chi connectivity index (χ1v) is 12.1. The molecule has 1 amide bonds. The van der Waals surface area contributed by atoms with Crippen molar-refractivity contribution < 1.29 is 18.3 Å². The van der Waals surface area contributed by atoms with Crippen LogP contribution in [0.1, 0.15) is 35.1 Å². The summed E-state index contributed by atoms with van der Waals surface area (Å²) in [7, 11) is -3.60. The third kappa shape index (κ3) is 7.47. The molecule has 0 saturated carbocycles. The van der Waals surface area contributed by atoms with Gasteiger partial charge in [0.15, 0.2) is 9.84 Å². The van der Waals surface area contributed by atoms with Gasteiger partial charge < -0.3 is 10.4 Å². The van der Waals surface area contributed by atoms with E-state index in [1.807, 2.05) is 30.3 Å². The Kier molecular flexibility index (Phi) is 7.80. The molecule has 1 aliphatic rings. The van der Waals surface area contributed by atoms with Crippen LogP contribution in [0.25, 0.3) is 0 Å². The molecule has 8 heteroatoms. The van der Waals surface area contributed by atoms with Gasteiger partial charge in [-0.2, -0.15) is 5.26 Å². The first-order valence-electron chi connectivity index (χ1n) is 10.3. The van der Waals surface area contributed by atoms with Crippen LogP contribution in [0.15, 0.2) is 48.5 Å². The highest BCUT2D eigenvalue weighted by Crippen LogP contribution is 2.14. The first kappa shape index (κ1) is 22.9. The van der Waals surface area contributed by atoms with E-state index in [2.05, 4.69) is 10.2 Å². The third-order valence-electron chi connectivity index (χ3n) is 5.30. The number of hydrogen-bond donors (Lipinski definition) is 2. The molecule has 1 aliphatic heterocycles. The summed E-state index contributed by atoms with van der Waals surface area (Å²) in [5, 5.41) is 21.1. The van der Waals surface area contributed by atoms with E-state index in [0.717, 1.165) is 43.6 Å². The van der Waals surface area contributed by atoms with Crippen LogP contribution in [0, 0.1) is 11.3 Å². The Balaban J connectivity index is 1.44. The fourth-order valence-electron chi connectivity index (χ4n) is 3.53. The number of carbonyl (C=O) groups excluding carboxylic acids is 1. The zero-order chi connectivity index (χ0) is 22.3. The van der Waals surface area contributed by atoms with E-state index in [-0.39, 0.29) is 18.4 Å². The second kappa shape index (κ2) is 10.5. The van der Waals surface area contributed by atoms with Gasteiger partial charge in [-0.05, 0) is 41.7 Å². The van der Waals surface area contributed by atoms with Gasteiger partial charge in [0.05, 0.1) is 23.5 Å². The monoisotopic (exact) mass is 441 g/mol. The molecule has 1 fully saturated rings. The lowest BCUT2D eigenvalue weighted by molar-refractivity contribution is -0.118. The van der Waals surface area contributed by atoms with E-state index in [9.17, 15) is 18.3 Å².